The fourth-order valence-electron chi connectivity index (χ4n) is 3.77. The molecule has 2 N–H and O–H groups in total. The van der Waals surface area contributed by atoms with Gasteiger partial charge in [-0.3, -0.25) is 4.79 Å². The van der Waals surface area contributed by atoms with Gasteiger partial charge in [0.15, 0.2) is 5.82 Å². The second-order valence-corrected chi connectivity index (χ2v) is 8.87. The number of methoxy groups -OCH3 is 1. The van der Waals surface area contributed by atoms with Crippen LogP contribution in [0.1, 0.15) is 22.0 Å². The predicted octanol–water partition coefficient (Wildman–Crippen LogP) is 4.27. The second kappa shape index (κ2) is 9.59. The summed E-state index contributed by atoms with van der Waals surface area (Å²) in [6.45, 7) is 0. The van der Waals surface area contributed by atoms with Gasteiger partial charge >= 0.3 is 5.97 Å². The summed E-state index contributed by atoms with van der Waals surface area (Å²) in [4.78, 5) is 25.2. The van der Waals surface area contributed by atoms with E-state index >= 15 is 0 Å². The van der Waals surface area contributed by atoms with E-state index in [2.05, 4.69) is 20.9 Å². The predicted molar refractivity (Wildman–Crippen MR) is 130 cm³/mol. The van der Waals surface area contributed by atoms with Crippen LogP contribution in [0.2, 0.25) is 0 Å². The normalized spacial score (nSPS) is 16.6. The lowest BCUT2D eigenvalue weighted by Crippen LogP contribution is -2.41. The summed E-state index contributed by atoms with van der Waals surface area (Å²) in [5, 5.41) is 11.4. The van der Waals surface area contributed by atoms with E-state index in [1.165, 1.54) is 43.1 Å². The molecule has 35 heavy (non-hydrogen) atoms. The van der Waals surface area contributed by atoms with E-state index in [0.29, 0.717) is 22.2 Å². The third-order valence-corrected chi connectivity index (χ3v) is 6.74. The molecule has 0 spiro atoms. The van der Waals surface area contributed by atoms with Crippen molar-refractivity contribution in [3.63, 3.8) is 0 Å². The van der Waals surface area contributed by atoms with Crippen LogP contribution in [0, 0.1) is 5.82 Å². The zero-order chi connectivity index (χ0) is 24.4. The number of hydrogen-bond donors (Lipinski definition) is 2. The molecule has 2 atom stereocenters. The summed E-state index contributed by atoms with van der Waals surface area (Å²) < 4.78 is 19.9. The molecule has 0 unspecified atom stereocenters. The highest BCUT2D eigenvalue weighted by molar-refractivity contribution is 8.00. The first-order valence-corrected chi connectivity index (χ1v) is 11.6. The van der Waals surface area contributed by atoms with Crippen LogP contribution in [0.3, 0.4) is 0 Å². The minimum atomic E-state index is -0.635. The molecule has 1 aliphatic rings. The van der Waals surface area contributed by atoms with Gasteiger partial charge in [-0.2, -0.15) is 0 Å². The molecule has 0 aliphatic carbocycles. The Balaban J connectivity index is 1.50. The van der Waals surface area contributed by atoms with Gasteiger partial charge in [0.05, 0.1) is 18.7 Å². The zero-order valence-electron chi connectivity index (χ0n) is 18.5. The van der Waals surface area contributed by atoms with Gasteiger partial charge < -0.3 is 15.5 Å². The van der Waals surface area contributed by atoms with Crippen LogP contribution < -0.4 is 10.7 Å². The lowest BCUT2D eigenvalue weighted by molar-refractivity contribution is -0.116. The molecule has 1 aromatic heterocycles. The van der Waals surface area contributed by atoms with E-state index in [0.717, 1.165) is 11.1 Å². The monoisotopic (exact) mass is 489 g/mol. The zero-order valence-corrected chi connectivity index (χ0v) is 19.3. The number of hydrogen-bond acceptors (Lipinski definition) is 7. The first-order valence-electron chi connectivity index (χ1n) is 10.7. The SMILES string of the molecule is COC(=O)c1ccc([C@@H]2Nn3c(nnc3-c3ccccc3)S[C@@H]2C(=O)Nc2ccc(F)cc2)cc1. The van der Waals surface area contributed by atoms with Crippen molar-refractivity contribution in [2.24, 2.45) is 0 Å². The van der Waals surface area contributed by atoms with E-state index in [-0.39, 0.29) is 11.7 Å². The van der Waals surface area contributed by atoms with Crippen molar-refractivity contribution >= 4 is 29.3 Å². The minimum absolute atomic E-state index is 0.285. The molecule has 5 rings (SSSR count). The summed E-state index contributed by atoms with van der Waals surface area (Å²) >= 11 is 1.27. The highest BCUT2D eigenvalue weighted by Crippen LogP contribution is 2.39. The number of thioether (sulfide) groups is 1. The molecule has 1 amide bonds. The Morgan fingerprint density at radius 1 is 1.00 bits per heavy atom. The van der Waals surface area contributed by atoms with E-state index in [1.54, 1.807) is 28.9 Å². The molecular formula is C25H20FN5O3S. The Kier molecular flexibility index (Phi) is 6.19. The quantitative estimate of drug-likeness (QED) is 0.404. The van der Waals surface area contributed by atoms with E-state index in [1.807, 2.05) is 30.3 Å². The third kappa shape index (κ3) is 4.60. The molecule has 4 aromatic rings. The number of aromatic nitrogens is 3. The summed E-state index contributed by atoms with van der Waals surface area (Å²) in [6, 6.07) is 21.6. The number of carbonyl (C=O) groups excluding carboxylic acids is 2. The summed E-state index contributed by atoms with van der Waals surface area (Å²) in [7, 11) is 1.32. The van der Waals surface area contributed by atoms with E-state index in [9.17, 15) is 14.0 Å². The van der Waals surface area contributed by atoms with Gasteiger partial charge in [-0.1, -0.05) is 54.2 Å². The molecule has 0 saturated heterocycles. The van der Waals surface area contributed by atoms with Gasteiger partial charge in [0, 0.05) is 11.3 Å². The lowest BCUT2D eigenvalue weighted by atomic mass is 10.0. The van der Waals surface area contributed by atoms with Crippen molar-refractivity contribution in [3.8, 4) is 11.4 Å². The number of nitrogens with zero attached hydrogens (tertiary/aromatic N) is 3. The number of esters is 1. The number of ether oxygens (including phenoxy) is 1. The maximum absolute atomic E-state index is 13.3. The standard InChI is InChI=1S/C25H20FN5O3S/c1-34-24(33)17-9-7-15(8-10-17)20-21(23(32)27-19-13-11-18(26)12-14-19)35-25-29-28-22(31(25)30-20)16-5-3-2-4-6-16/h2-14,20-21,30H,1H3,(H,27,32)/t20-,21-/m0/s1. The molecule has 2 heterocycles. The van der Waals surface area contributed by atoms with Crippen LogP contribution in [-0.2, 0) is 9.53 Å². The maximum atomic E-state index is 13.3. The number of nitrogens with one attached hydrogen (secondary N) is 2. The molecule has 1 aliphatic heterocycles. The number of rotatable bonds is 5. The van der Waals surface area contributed by atoms with Crippen molar-refractivity contribution in [2.45, 2.75) is 16.4 Å². The largest absolute Gasteiger partial charge is 0.465 e. The number of amides is 1. The average Bonchev–Trinajstić information content (AvgIpc) is 3.32. The van der Waals surface area contributed by atoms with Gasteiger partial charge in [0.1, 0.15) is 11.1 Å². The Bertz CT molecular complexity index is 1360. The summed E-state index contributed by atoms with van der Waals surface area (Å²) in [5.74, 6) is -0.504. The Labute approximate surface area is 204 Å². The van der Waals surface area contributed by atoms with Crippen LogP contribution in [0.25, 0.3) is 11.4 Å². The highest BCUT2D eigenvalue weighted by Gasteiger charge is 2.38. The summed E-state index contributed by atoms with van der Waals surface area (Å²) in [5.41, 5.74) is 5.92. The third-order valence-electron chi connectivity index (χ3n) is 5.53. The van der Waals surface area contributed by atoms with Gasteiger partial charge in [-0.05, 0) is 42.0 Å². The van der Waals surface area contributed by atoms with Gasteiger partial charge in [0.25, 0.3) is 0 Å². The Morgan fingerprint density at radius 2 is 1.71 bits per heavy atom. The van der Waals surface area contributed by atoms with Crippen molar-refractivity contribution in [1.29, 1.82) is 0 Å². The fourth-order valence-corrected chi connectivity index (χ4v) is 4.85. The first kappa shape index (κ1) is 22.6. The molecule has 8 nitrogen and oxygen atoms in total. The van der Waals surface area contributed by atoms with Crippen molar-refractivity contribution in [1.82, 2.24) is 14.9 Å². The summed E-state index contributed by atoms with van der Waals surface area (Å²) in [6.07, 6.45) is 0. The number of halogens is 1. The molecular weight excluding hydrogens is 469 g/mol. The van der Waals surface area contributed by atoms with Gasteiger partial charge in [0.2, 0.25) is 11.1 Å². The highest BCUT2D eigenvalue weighted by atomic mass is 32.2. The van der Waals surface area contributed by atoms with Crippen LogP contribution in [0.15, 0.2) is 84.0 Å². The lowest BCUT2D eigenvalue weighted by Gasteiger charge is -2.33. The van der Waals surface area contributed by atoms with Crippen LogP contribution in [0.4, 0.5) is 10.1 Å². The topological polar surface area (TPSA) is 98.1 Å². The number of anilines is 1. The van der Waals surface area contributed by atoms with Crippen LogP contribution >= 0.6 is 11.8 Å². The number of fused-ring (bicyclic) bond motifs is 1. The molecule has 0 bridgehead atoms. The molecule has 3 aromatic carbocycles. The van der Waals surface area contributed by atoms with Crippen LogP contribution in [-0.4, -0.2) is 39.1 Å². The van der Waals surface area contributed by atoms with Crippen molar-refractivity contribution < 1.29 is 18.7 Å². The van der Waals surface area contributed by atoms with Crippen molar-refractivity contribution in [3.05, 3.63) is 95.8 Å². The minimum Gasteiger partial charge on any atom is -0.465 e. The molecule has 10 heteroatoms. The Hall–Kier alpha value is -4.18. The fraction of sp³-hybridized carbons (Fsp3) is 0.120. The molecule has 0 fully saturated rings. The average molecular weight is 490 g/mol. The number of carbonyl (C=O) groups is 2. The number of benzene rings is 3. The first-order chi connectivity index (χ1) is 17.0. The molecule has 0 saturated carbocycles. The van der Waals surface area contributed by atoms with Gasteiger partial charge in [-0.15, -0.1) is 10.2 Å². The van der Waals surface area contributed by atoms with Gasteiger partial charge in [-0.25, -0.2) is 13.9 Å². The second-order valence-electron chi connectivity index (χ2n) is 7.76. The van der Waals surface area contributed by atoms with E-state index < -0.39 is 17.3 Å². The smallest absolute Gasteiger partial charge is 0.337 e. The maximum Gasteiger partial charge on any atom is 0.337 e. The Morgan fingerprint density at radius 3 is 2.40 bits per heavy atom. The molecule has 176 valence electrons. The van der Waals surface area contributed by atoms with Crippen LogP contribution in [0.5, 0.6) is 0 Å². The van der Waals surface area contributed by atoms with E-state index in [4.69, 9.17) is 4.74 Å². The van der Waals surface area contributed by atoms with Crippen molar-refractivity contribution in [2.75, 3.05) is 17.9 Å². The molecule has 0 radical (unpaired) electrons.